The van der Waals surface area contributed by atoms with Crippen molar-refractivity contribution >= 4 is 56.3 Å². The van der Waals surface area contributed by atoms with Crippen molar-refractivity contribution in [1.82, 2.24) is 5.01 Å². The summed E-state index contributed by atoms with van der Waals surface area (Å²) < 4.78 is 0. The zero-order valence-corrected chi connectivity index (χ0v) is 15.1. The Morgan fingerprint density at radius 2 is 1.82 bits per heavy atom. The molecule has 0 aliphatic carbocycles. The number of anilines is 1. The van der Waals surface area contributed by atoms with Crippen LogP contribution in [0, 0.1) is 0 Å². The Kier molecular flexibility index (Phi) is 6.36. The van der Waals surface area contributed by atoms with E-state index in [1.807, 2.05) is 54.6 Å². The van der Waals surface area contributed by atoms with E-state index in [0.717, 1.165) is 17.0 Å². The molecule has 0 unspecified atom stereocenters. The number of para-hydroxylation sites is 1. The molecule has 0 bridgehead atoms. The van der Waals surface area contributed by atoms with E-state index < -0.39 is 0 Å². The highest BCUT2D eigenvalue weighted by Crippen LogP contribution is 2.20. The second-order valence-electron chi connectivity index (χ2n) is 4.48. The van der Waals surface area contributed by atoms with Crippen LogP contribution in [0.4, 0.5) is 5.69 Å². The molecule has 2 aromatic carbocycles. The monoisotopic (exact) mass is 395 g/mol. The average molecular weight is 397 g/mol. The molecule has 2 rings (SSSR count). The van der Waals surface area contributed by atoms with Gasteiger partial charge in [0.05, 0.1) is 16.4 Å². The predicted molar refractivity (Wildman–Crippen MR) is 102 cm³/mol. The average Bonchev–Trinajstić information content (AvgIpc) is 2.55. The molecule has 0 aliphatic rings. The molecule has 0 aliphatic heterocycles. The van der Waals surface area contributed by atoms with Crippen LogP contribution in [0.25, 0.3) is 0 Å². The standard InChI is InChI=1S/C16H15BrClN3S/c1-21(16(22)19-14-10-6-5-9-13(14)18)20-15(11-17)12-7-3-2-4-8-12/h2-10H,11H2,1H3,(H,19,22)/b20-15-. The fourth-order valence-electron chi connectivity index (χ4n) is 1.78. The van der Waals surface area contributed by atoms with Gasteiger partial charge in [-0.05, 0) is 29.9 Å². The number of rotatable bonds is 4. The Balaban J connectivity index is 2.13. The Morgan fingerprint density at radius 3 is 2.45 bits per heavy atom. The largest absolute Gasteiger partial charge is 0.330 e. The van der Waals surface area contributed by atoms with Crippen LogP contribution in [0.3, 0.4) is 0 Å². The zero-order chi connectivity index (χ0) is 15.9. The first-order chi connectivity index (χ1) is 10.6. The van der Waals surface area contributed by atoms with Crippen LogP contribution < -0.4 is 5.32 Å². The number of nitrogens with zero attached hydrogens (tertiary/aromatic N) is 2. The topological polar surface area (TPSA) is 27.6 Å². The molecule has 0 atom stereocenters. The third-order valence-electron chi connectivity index (χ3n) is 2.91. The van der Waals surface area contributed by atoms with Crippen LogP contribution in [0.2, 0.25) is 5.02 Å². The molecular formula is C16H15BrClN3S. The second kappa shape index (κ2) is 8.27. The quantitative estimate of drug-likeness (QED) is 0.349. The zero-order valence-electron chi connectivity index (χ0n) is 12.0. The van der Waals surface area contributed by atoms with Crippen molar-refractivity contribution < 1.29 is 0 Å². The van der Waals surface area contributed by atoms with E-state index in [0.29, 0.717) is 15.5 Å². The first-order valence-electron chi connectivity index (χ1n) is 6.60. The van der Waals surface area contributed by atoms with E-state index in [1.54, 1.807) is 12.1 Å². The molecule has 0 radical (unpaired) electrons. The number of hydrogen-bond donors (Lipinski definition) is 1. The molecule has 0 saturated carbocycles. The summed E-state index contributed by atoms with van der Waals surface area (Å²) in [4.78, 5) is 0. The van der Waals surface area contributed by atoms with Gasteiger partial charge in [0.25, 0.3) is 0 Å². The third kappa shape index (κ3) is 4.53. The van der Waals surface area contributed by atoms with Gasteiger partial charge in [0.15, 0.2) is 5.11 Å². The molecule has 6 heteroatoms. The van der Waals surface area contributed by atoms with Crippen molar-refractivity contribution in [1.29, 1.82) is 0 Å². The van der Waals surface area contributed by atoms with Gasteiger partial charge >= 0.3 is 0 Å². The SMILES string of the molecule is CN(/N=C(/CBr)c1ccccc1)C(=S)Nc1ccccc1Cl. The minimum atomic E-state index is 0.475. The maximum Gasteiger partial charge on any atom is 0.193 e. The fourth-order valence-corrected chi connectivity index (χ4v) is 2.55. The smallest absolute Gasteiger partial charge is 0.193 e. The molecule has 1 N–H and O–H groups in total. The summed E-state index contributed by atoms with van der Waals surface area (Å²) >= 11 is 15.0. The molecule has 0 saturated heterocycles. The van der Waals surface area contributed by atoms with E-state index in [9.17, 15) is 0 Å². The maximum atomic E-state index is 6.12. The van der Waals surface area contributed by atoms with Crippen LogP contribution in [-0.4, -0.2) is 28.2 Å². The van der Waals surface area contributed by atoms with E-state index >= 15 is 0 Å². The van der Waals surface area contributed by atoms with Gasteiger partial charge in [-0.2, -0.15) is 5.10 Å². The summed E-state index contributed by atoms with van der Waals surface area (Å²) in [6.45, 7) is 0. The summed E-state index contributed by atoms with van der Waals surface area (Å²) in [5, 5.41) is 11.0. The van der Waals surface area contributed by atoms with E-state index in [1.165, 1.54) is 0 Å². The number of hydrazone groups is 1. The number of hydrogen-bond acceptors (Lipinski definition) is 2. The molecular weight excluding hydrogens is 382 g/mol. The minimum absolute atomic E-state index is 0.475. The Bertz CT molecular complexity index is 676. The summed E-state index contributed by atoms with van der Waals surface area (Å²) in [5.41, 5.74) is 2.70. The van der Waals surface area contributed by atoms with Crippen LogP contribution in [-0.2, 0) is 0 Å². The van der Waals surface area contributed by atoms with Crippen molar-refractivity contribution in [3.05, 3.63) is 65.2 Å². The number of benzene rings is 2. The molecule has 22 heavy (non-hydrogen) atoms. The molecule has 0 fully saturated rings. The van der Waals surface area contributed by atoms with E-state index in [-0.39, 0.29) is 0 Å². The number of nitrogens with one attached hydrogen (secondary N) is 1. The van der Waals surface area contributed by atoms with E-state index in [4.69, 9.17) is 23.8 Å². The number of alkyl halides is 1. The lowest BCUT2D eigenvalue weighted by Gasteiger charge is -2.18. The number of thiocarbonyl (C=S) groups is 1. The van der Waals surface area contributed by atoms with Crippen LogP contribution >= 0.6 is 39.7 Å². The van der Waals surface area contributed by atoms with Crippen molar-refractivity contribution in [3.8, 4) is 0 Å². The van der Waals surface area contributed by atoms with Gasteiger partial charge < -0.3 is 5.32 Å². The third-order valence-corrected chi connectivity index (χ3v) is 4.14. The Hall–Kier alpha value is -1.43. The second-order valence-corrected chi connectivity index (χ2v) is 5.83. The van der Waals surface area contributed by atoms with Gasteiger partial charge in [-0.1, -0.05) is 70.0 Å². The summed E-state index contributed by atoms with van der Waals surface area (Å²) in [7, 11) is 1.80. The highest BCUT2D eigenvalue weighted by molar-refractivity contribution is 9.09. The molecule has 2 aromatic rings. The van der Waals surface area contributed by atoms with Crippen molar-refractivity contribution in [3.63, 3.8) is 0 Å². The lowest BCUT2D eigenvalue weighted by molar-refractivity contribution is 0.553. The van der Waals surface area contributed by atoms with Crippen molar-refractivity contribution in [2.75, 3.05) is 17.7 Å². The summed E-state index contributed by atoms with van der Waals surface area (Å²) in [5.74, 6) is 0. The van der Waals surface area contributed by atoms with Crippen LogP contribution in [0.5, 0.6) is 0 Å². The van der Waals surface area contributed by atoms with Gasteiger partial charge in [0, 0.05) is 12.4 Å². The fraction of sp³-hybridized carbons (Fsp3) is 0.125. The molecule has 0 heterocycles. The molecule has 0 amide bonds. The summed E-state index contributed by atoms with van der Waals surface area (Å²) in [6, 6.07) is 17.4. The summed E-state index contributed by atoms with van der Waals surface area (Å²) in [6.07, 6.45) is 0. The van der Waals surface area contributed by atoms with Crippen LogP contribution in [0.15, 0.2) is 59.7 Å². The molecule has 114 valence electrons. The Morgan fingerprint density at radius 1 is 1.18 bits per heavy atom. The van der Waals surface area contributed by atoms with Gasteiger partial charge in [0.2, 0.25) is 0 Å². The Labute approximate surface area is 149 Å². The van der Waals surface area contributed by atoms with E-state index in [2.05, 4.69) is 26.3 Å². The lowest BCUT2D eigenvalue weighted by Crippen LogP contribution is -2.28. The molecule has 0 aromatic heterocycles. The van der Waals surface area contributed by atoms with Gasteiger partial charge in [-0.3, -0.25) is 0 Å². The maximum absolute atomic E-state index is 6.12. The number of halogens is 2. The molecule has 0 spiro atoms. The van der Waals surface area contributed by atoms with Crippen LogP contribution in [0.1, 0.15) is 5.56 Å². The highest BCUT2D eigenvalue weighted by atomic mass is 79.9. The minimum Gasteiger partial charge on any atom is -0.330 e. The van der Waals surface area contributed by atoms with Gasteiger partial charge in [-0.25, -0.2) is 5.01 Å². The van der Waals surface area contributed by atoms with Crippen molar-refractivity contribution in [2.45, 2.75) is 0 Å². The van der Waals surface area contributed by atoms with Crippen molar-refractivity contribution in [2.24, 2.45) is 5.10 Å². The van der Waals surface area contributed by atoms with Gasteiger partial charge in [-0.15, -0.1) is 0 Å². The first-order valence-corrected chi connectivity index (χ1v) is 8.50. The first kappa shape index (κ1) is 16.9. The van der Waals surface area contributed by atoms with Gasteiger partial charge in [0.1, 0.15) is 0 Å². The predicted octanol–water partition coefficient (Wildman–Crippen LogP) is 4.77. The highest BCUT2D eigenvalue weighted by Gasteiger charge is 2.08. The molecule has 3 nitrogen and oxygen atoms in total. The normalized spacial score (nSPS) is 11.1. The lowest BCUT2D eigenvalue weighted by atomic mass is 10.1.